The van der Waals surface area contributed by atoms with Gasteiger partial charge in [0.25, 0.3) is 0 Å². The molecule has 0 aromatic carbocycles. The van der Waals surface area contributed by atoms with Crippen LogP contribution in [-0.2, 0) is 0 Å². The average molecular weight is 219 g/mol. The van der Waals surface area contributed by atoms with E-state index < -0.39 is 0 Å². The Morgan fingerprint density at radius 3 is 2.80 bits per heavy atom. The van der Waals surface area contributed by atoms with E-state index in [2.05, 4.69) is 21.4 Å². The lowest BCUT2D eigenvalue weighted by molar-refractivity contribution is 0.699. The van der Waals surface area contributed by atoms with Gasteiger partial charge < -0.3 is 5.32 Å². The molecule has 2 rings (SSSR count). The quantitative estimate of drug-likeness (QED) is 0.859. The molecule has 2 aromatic heterocycles. The van der Waals surface area contributed by atoms with Crippen LogP contribution in [-0.4, -0.2) is 17.0 Å². The van der Waals surface area contributed by atoms with Gasteiger partial charge in [0, 0.05) is 23.5 Å². The number of thiazole rings is 1. The molecule has 1 N–H and O–H groups in total. The molecule has 2 aromatic rings. The molecule has 0 aliphatic heterocycles. The van der Waals surface area contributed by atoms with Crippen LogP contribution in [0.15, 0.2) is 30.7 Å². The van der Waals surface area contributed by atoms with Gasteiger partial charge in [0.1, 0.15) is 0 Å². The molecule has 2 heterocycles. The second-order valence-electron chi connectivity index (χ2n) is 3.29. The van der Waals surface area contributed by atoms with E-state index in [0.29, 0.717) is 0 Å². The Balaban J connectivity index is 2.33. The van der Waals surface area contributed by atoms with Gasteiger partial charge in [0.2, 0.25) is 0 Å². The van der Waals surface area contributed by atoms with Crippen LogP contribution in [0.3, 0.4) is 0 Å². The summed E-state index contributed by atoms with van der Waals surface area (Å²) in [5, 5.41) is 4.37. The van der Waals surface area contributed by atoms with Crippen molar-refractivity contribution in [2.24, 2.45) is 0 Å². The van der Waals surface area contributed by atoms with Gasteiger partial charge >= 0.3 is 0 Å². The van der Waals surface area contributed by atoms with Crippen LogP contribution in [0.2, 0.25) is 0 Å². The molecule has 0 spiro atoms. The number of hydrogen-bond acceptors (Lipinski definition) is 4. The van der Waals surface area contributed by atoms with Gasteiger partial charge in [-0.05, 0) is 25.6 Å². The fraction of sp³-hybridized carbons (Fsp3) is 0.273. The van der Waals surface area contributed by atoms with Crippen molar-refractivity contribution in [3.63, 3.8) is 0 Å². The summed E-state index contributed by atoms with van der Waals surface area (Å²) in [7, 11) is 1.95. The Morgan fingerprint density at radius 2 is 2.27 bits per heavy atom. The molecule has 3 nitrogen and oxygen atoms in total. The Bertz CT molecular complexity index is 424. The molecule has 4 heteroatoms. The number of pyridine rings is 1. The molecule has 0 fully saturated rings. The van der Waals surface area contributed by atoms with Gasteiger partial charge in [-0.1, -0.05) is 6.07 Å². The van der Waals surface area contributed by atoms with E-state index in [9.17, 15) is 0 Å². The standard InChI is InChI=1S/C11H13N3S/c1-8-14-7-10(15-8)11(12-2)9-4-3-5-13-6-9/h3-7,11-12H,1-2H3. The van der Waals surface area contributed by atoms with E-state index in [0.717, 1.165) is 5.01 Å². The number of aryl methyl sites for hydroxylation is 1. The maximum absolute atomic E-state index is 4.27. The Labute approximate surface area is 93.2 Å². The monoisotopic (exact) mass is 219 g/mol. The van der Waals surface area contributed by atoms with Gasteiger partial charge in [0.05, 0.1) is 11.0 Å². The third-order valence-electron chi connectivity index (χ3n) is 2.23. The summed E-state index contributed by atoms with van der Waals surface area (Å²) in [4.78, 5) is 9.62. The first-order valence-electron chi connectivity index (χ1n) is 4.81. The Morgan fingerprint density at radius 1 is 1.40 bits per heavy atom. The van der Waals surface area contributed by atoms with Gasteiger partial charge in [-0.2, -0.15) is 0 Å². The number of nitrogens with zero attached hydrogens (tertiary/aromatic N) is 2. The van der Waals surface area contributed by atoms with Crippen LogP contribution >= 0.6 is 11.3 Å². The summed E-state index contributed by atoms with van der Waals surface area (Å²) < 4.78 is 0. The highest BCUT2D eigenvalue weighted by Crippen LogP contribution is 2.25. The van der Waals surface area contributed by atoms with Gasteiger partial charge in [0.15, 0.2) is 0 Å². The molecule has 15 heavy (non-hydrogen) atoms. The second kappa shape index (κ2) is 4.51. The first-order valence-corrected chi connectivity index (χ1v) is 5.62. The summed E-state index contributed by atoms with van der Waals surface area (Å²) in [6.45, 7) is 2.02. The highest BCUT2D eigenvalue weighted by Gasteiger charge is 2.13. The van der Waals surface area contributed by atoms with Crippen LogP contribution in [0.4, 0.5) is 0 Å². The van der Waals surface area contributed by atoms with E-state index in [1.807, 2.05) is 32.4 Å². The van der Waals surface area contributed by atoms with Crippen molar-refractivity contribution in [1.29, 1.82) is 0 Å². The lowest BCUT2D eigenvalue weighted by atomic mass is 10.1. The smallest absolute Gasteiger partial charge is 0.0897 e. The van der Waals surface area contributed by atoms with Crippen LogP contribution in [0.5, 0.6) is 0 Å². The maximum Gasteiger partial charge on any atom is 0.0897 e. The van der Waals surface area contributed by atoms with Crippen molar-refractivity contribution in [3.8, 4) is 0 Å². The van der Waals surface area contributed by atoms with Crippen molar-refractivity contribution in [2.45, 2.75) is 13.0 Å². The molecule has 0 radical (unpaired) electrons. The summed E-state index contributed by atoms with van der Waals surface area (Å²) in [5.74, 6) is 0. The largest absolute Gasteiger partial charge is 0.309 e. The van der Waals surface area contributed by atoms with Crippen molar-refractivity contribution in [3.05, 3.63) is 46.2 Å². The van der Waals surface area contributed by atoms with Gasteiger partial charge in [-0.25, -0.2) is 4.98 Å². The van der Waals surface area contributed by atoms with Gasteiger partial charge in [-0.15, -0.1) is 11.3 Å². The third-order valence-corrected chi connectivity index (χ3v) is 3.21. The topological polar surface area (TPSA) is 37.8 Å². The van der Waals surface area contributed by atoms with Gasteiger partial charge in [-0.3, -0.25) is 4.98 Å². The zero-order chi connectivity index (χ0) is 10.7. The van der Waals surface area contributed by atoms with Crippen molar-refractivity contribution >= 4 is 11.3 Å². The summed E-state index contributed by atoms with van der Waals surface area (Å²) in [6, 6.07) is 4.22. The van der Waals surface area contributed by atoms with Crippen LogP contribution < -0.4 is 5.32 Å². The number of rotatable bonds is 3. The average Bonchev–Trinajstić information content (AvgIpc) is 2.68. The maximum atomic E-state index is 4.27. The predicted octanol–water partition coefficient (Wildman–Crippen LogP) is 2.16. The number of nitrogens with one attached hydrogen (secondary N) is 1. The van der Waals surface area contributed by atoms with E-state index in [1.54, 1.807) is 17.5 Å². The second-order valence-corrected chi connectivity index (χ2v) is 4.56. The fourth-order valence-electron chi connectivity index (χ4n) is 1.53. The summed E-state index contributed by atoms with van der Waals surface area (Å²) >= 11 is 1.71. The molecular weight excluding hydrogens is 206 g/mol. The van der Waals surface area contributed by atoms with E-state index in [1.165, 1.54) is 10.4 Å². The molecule has 1 unspecified atom stereocenters. The molecule has 0 aliphatic rings. The first kappa shape index (κ1) is 10.3. The van der Waals surface area contributed by atoms with E-state index >= 15 is 0 Å². The number of hydrogen-bond donors (Lipinski definition) is 1. The molecule has 0 bridgehead atoms. The van der Waals surface area contributed by atoms with Crippen molar-refractivity contribution in [1.82, 2.24) is 15.3 Å². The highest BCUT2D eigenvalue weighted by atomic mass is 32.1. The summed E-state index contributed by atoms with van der Waals surface area (Å²) in [5.41, 5.74) is 1.17. The molecule has 0 saturated heterocycles. The Hall–Kier alpha value is -1.26. The van der Waals surface area contributed by atoms with Crippen LogP contribution in [0, 0.1) is 6.92 Å². The van der Waals surface area contributed by atoms with E-state index in [4.69, 9.17) is 0 Å². The minimum atomic E-state index is 0.199. The Kier molecular flexibility index (Phi) is 3.08. The van der Waals surface area contributed by atoms with E-state index in [-0.39, 0.29) is 6.04 Å². The fourth-order valence-corrected chi connectivity index (χ4v) is 2.45. The lowest BCUT2D eigenvalue weighted by Gasteiger charge is -2.13. The molecule has 0 aliphatic carbocycles. The highest BCUT2D eigenvalue weighted by molar-refractivity contribution is 7.11. The zero-order valence-corrected chi connectivity index (χ0v) is 9.58. The molecule has 78 valence electrons. The number of aromatic nitrogens is 2. The SMILES string of the molecule is CNC(c1cccnc1)c1cnc(C)s1. The van der Waals surface area contributed by atoms with Crippen LogP contribution in [0.1, 0.15) is 21.5 Å². The minimum Gasteiger partial charge on any atom is -0.309 e. The summed E-state index contributed by atoms with van der Waals surface area (Å²) in [6.07, 6.45) is 5.60. The molecule has 0 saturated carbocycles. The van der Waals surface area contributed by atoms with Crippen LogP contribution in [0.25, 0.3) is 0 Å². The molecular formula is C11H13N3S. The zero-order valence-electron chi connectivity index (χ0n) is 8.77. The lowest BCUT2D eigenvalue weighted by Crippen LogP contribution is -2.16. The van der Waals surface area contributed by atoms with Crippen molar-refractivity contribution in [2.75, 3.05) is 7.05 Å². The molecule has 1 atom stereocenters. The van der Waals surface area contributed by atoms with Crippen molar-refractivity contribution < 1.29 is 0 Å². The minimum absolute atomic E-state index is 0.199. The predicted molar refractivity (Wildman–Crippen MR) is 62.0 cm³/mol. The normalized spacial score (nSPS) is 12.7. The molecule has 0 amide bonds. The first-order chi connectivity index (χ1) is 7.31. The third kappa shape index (κ3) is 2.22.